The number of benzene rings is 1. The number of para-hydroxylation sites is 1. The molecule has 1 aliphatic heterocycles. The van der Waals surface area contributed by atoms with E-state index < -0.39 is 0 Å². The Morgan fingerprint density at radius 3 is 3.00 bits per heavy atom. The summed E-state index contributed by atoms with van der Waals surface area (Å²) >= 11 is 0. The lowest BCUT2D eigenvalue weighted by atomic mass is 9.98. The molecular formula is C17H17N5O2. The summed E-state index contributed by atoms with van der Waals surface area (Å²) in [5.74, 6) is 0.741. The average Bonchev–Trinajstić information content (AvgIpc) is 3.11. The Morgan fingerprint density at radius 1 is 1.38 bits per heavy atom. The van der Waals surface area contributed by atoms with E-state index in [4.69, 9.17) is 0 Å². The lowest BCUT2D eigenvalue weighted by Gasteiger charge is -2.19. The highest BCUT2D eigenvalue weighted by atomic mass is 16.2. The molecule has 3 heterocycles. The van der Waals surface area contributed by atoms with E-state index in [1.807, 2.05) is 31.2 Å². The van der Waals surface area contributed by atoms with E-state index in [1.165, 1.54) is 0 Å². The zero-order valence-electron chi connectivity index (χ0n) is 13.4. The van der Waals surface area contributed by atoms with Gasteiger partial charge in [-0.3, -0.25) is 14.3 Å². The lowest BCUT2D eigenvalue weighted by molar-refractivity contribution is -0.119. The van der Waals surface area contributed by atoms with Crippen molar-refractivity contribution in [3.05, 3.63) is 41.6 Å². The summed E-state index contributed by atoms with van der Waals surface area (Å²) < 4.78 is 1.59. The molecule has 3 N–H and O–H groups in total. The van der Waals surface area contributed by atoms with Crippen molar-refractivity contribution >= 4 is 34.4 Å². The van der Waals surface area contributed by atoms with Gasteiger partial charge in [0.15, 0.2) is 5.82 Å². The number of carbonyl (C=O) groups is 2. The monoisotopic (exact) mass is 323 g/mol. The molecule has 3 aromatic rings. The number of hydrogen-bond acceptors (Lipinski definition) is 3. The number of H-pyrrole nitrogens is 1. The van der Waals surface area contributed by atoms with Gasteiger partial charge in [-0.05, 0) is 12.5 Å². The number of hydrogen-bond donors (Lipinski definition) is 3. The van der Waals surface area contributed by atoms with Crippen molar-refractivity contribution in [1.82, 2.24) is 14.8 Å². The number of aromatic nitrogens is 3. The first-order valence-electron chi connectivity index (χ1n) is 7.79. The lowest BCUT2D eigenvalue weighted by Crippen LogP contribution is -2.28. The molecule has 0 bridgehead atoms. The van der Waals surface area contributed by atoms with Crippen molar-refractivity contribution < 1.29 is 9.59 Å². The molecular weight excluding hydrogens is 306 g/mol. The predicted octanol–water partition coefficient (Wildman–Crippen LogP) is 2.28. The zero-order valence-corrected chi connectivity index (χ0v) is 13.4. The molecule has 0 saturated heterocycles. The van der Waals surface area contributed by atoms with Gasteiger partial charge in [-0.15, -0.1) is 0 Å². The van der Waals surface area contributed by atoms with Crippen LogP contribution in [0.1, 0.15) is 22.8 Å². The minimum Gasteiger partial charge on any atom is -0.360 e. The topological polar surface area (TPSA) is 91.8 Å². The molecule has 0 spiro atoms. The Morgan fingerprint density at radius 2 is 2.17 bits per heavy atom. The van der Waals surface area contributed by atoms with Crippen LogP contribution in [0.15, 0.2) is 30.5 Å². The highest BCUT2D eigenvalue weighted by Gasteiger charge is 2.29. The first kappa shape index (κ1) is 14.5. The van der Waals surface area contributed by atoms with Gasteiger partial charge in [0.05, 0.1) is 5.56 Å². The predicted molar refractivity (Wildman–Crippen MR) is 91.0 cm³/mol. The van der Waals surface area contributed by atoms with Crippen molar-refractivity contribution in [2.75, 3.05) is 10.6 Å². The summed E-state index contributed by atoms with van der Waals surface area (Å²) in [6.07, 6.45) is 2.25. The number of anilines is 2. The molecule has 1 aromatic carbocycles. The number of aromatic amines is 1. The number of aryl methyl sites for hydroxylation is 1. The normalized spacial score (nSPS) is 16.8. The molecule has 0 saturated carbocycles. The van der Waals surface area contributed by atoms with Gasteiger partial charge in [0.2, 0.25) is 5.91 Å². The minimum absolute atomic E-state index is 0.0278. The molecule has 7 nitrogen and oxygen atoms in total. The van der Waals surface area contributed by atoms with E-state index >= 15 is 0 Å². The van der Waals surface area contributed by atoms with Crippen molar-refractivity contribution in [2.24, 2.45) is 13.0 Å². The summed E-state index contributed by atoms with van der Waals surface area (Å²) in [6.45, 7) is 1.86. The highest BCUT2D eigenvalue weighted by Crippen LogP contribution is 2.31. The maximum atomic E-state index is 12.7. The Labute approximate surface area is 138 Å². The molecule has 0 fully saturated rings. The molecule has 0 radical (unpaired) electrons. The summed E-state index contributed by atoms with van der Waals surface area (Å²) in [7, 11) is 1.75. The van der Waals surface area contributed by atoms with Crippen LogP contribution in [0.4, 0.5) is 11.6 Å². The first-order chi connectivity index (χ1) is 11.5. The Bertz CT molecular complexity index is 969. The molecule has 2 amide bonds. The fraction of sp³-hybridized carbons (Fsp3) is 0.235. The van der Waals surface area contributed by atoms with E-state index in [2.05, 4.69) is 20.7 Å². The fourth-order valence-electron chi connectivity index (χ4n) is 3.09. The van der Waals surface area contributed by atoms with E-state index in [9.17, 15) is 9.59 Å². The number of nitrogens with one attached hydrogen (secondary N) is 3. The molecule has 1 aliphatic rings. The van der Waals surface area contributed by atoms with Crippen LogP contribution in [0.5, 0.6) is 0 Å². The van der Waals surface area contributed by atoms with Crippen molar-refractivity contribution in [1.29, 1.82) is 0 Å². The number of rotatable bonds is 2. The van der Waals surface area contributed by atoms with Crippen LogP contribution in [0.2, 0.25) is 0 Å². The molecule has 4 rings (SSSR count). The van der Waals surface area contributed by atoms with Gasteiger partial charge < -0.3 is 15.6 Å². The van der Waals surface area contributed by atoms with E-state index in [-0.39, 0.29) is 17.7 Å². The maximum absolute atomic E-state index is 12.7. The Kier molecular flexibility index (Phi) is 3.16. The smallest absolute Gasteiger partial charge is 0.259 e. The summed E-state index contributed by atoms with van der Waals surface area (Å²) in [6, 6.07) is 7.63. The van der Waals surface area contributed by atoms with Gasteiger partial charge in [0, 0.05) is 35.6 Å². The van der Waals surface area contributed by atoms with Crippen LogP contribution in [0, 0.1) is 5.92 Å². The van der Waals surface area contributed by atoms with Crippen LogP contribution < -0.4 is 10.6 Å². The molecule has 122 valence electrons. The SMILES string of the molecule is CC1Cc2c(NC(=O)c3c[nH]c4ccccc34)nn(C)c2NC1=O. The summed E-state index contributed by atoms with van der Waals surface area (Å²) in [4.78, 5) is 27.6. The summed E-state index contributed by atoms with van der Waals surface area (Å²) in [5.41, 5.74) is 2.34. The van der Waals surface area contributed by atoms with E-state index in [0.717, 1.165) is 16.5 Å². The molecule has 1 unspecified atom stereocenters. The van der Waals surface area contributed by atoms with Crippen molar-refractivity contribution in [3.63, 3.8) is 0 Å². The Hall–Kier alpha value is -3.09. The maximum Gasteiger partial charge on any atom is 0.259 e. The average molecular weight is 323 g/mol. The number of amides is 2. The number of fused-ring (bicyclic) bond motifs is 2. The standard InChI is InChI=1S/C17H17N5O2/c1-9-7-11-14(21-22(2)15(11)20-16(9)23)19-17(24)12-8-18-13-6-4-3-5-10(12)13/h3-6,8-9,18H,7H2,1-2H3,(H,20,23)(H,19,21,24). The Balaban J connectivity index is 1.68. The van der Waals surface area contributed by atoms with Gasteiger partial charge >= 0.3 is 0 Å². The highest BCUT2D eigenvalue weighted by molar-refractivity contribution is 6.13. The van der Waals surface area contributed by atoms with Crippen LogP contribution >= 0.6 is 0 Å². The molecule has 24 heavy (non-hydrogen) atoms. The van der Waals surface area contributed by atoms with Crippen molar-refractivity contribution in [2.45, 2.75) is 13.3 Å². The van der Waals surface area contributed by atoms with Gasteiger partial charge in [-0.25, -0.2) is 0 Å². The van der Waals surface area contributed by atoms with Gasteiger partial charge in [0.1, 0.15) is 5.82 Å². The fourth-order valence-corrected chi connectivity index (χ4v) is 3.09. The van der Waals surface area contributed by atoms with Crippen LogP contribution in [0.3, 0.4) is 0 Å². The number of nitrogens with zero attached hydrogens (tertiary/aromatic N) is 2. The number of carbonyl (C=O) groups excluding carboxylic acids is 2. The second-order valence-corrected chi connectivity index (χ2v) is 6.10. The molecule has 1 atom stereocenters. The van der Waals surface area contributed by atoms with Crippen LogP contribution in [-0.2, 0) is 18.3 Å². The van der Waals surface area contributed by atoms with E-state index in [1.54, 1.807) is 17.9 Å². The minimum atomic E-state index is -0.224. The van der Waals surface area contributed by atoms with Crippen LogP contribution in [-0.4, -0.2) is 26.6 Å². The third-order valence-electron chi connectivity index (χ3n) is 4.41. The largest absolute Gasteiger partial charge is 0.360 e. The van der Waals surface area contributed by atoms with Crippen LogP contribution in [0.25, 0.3) is 10.9 Å². The van der Waals surface area contributed by atoms with Crippen molar-refractivity contribution in [3.8, 4) is 0 Å². The zero-order chi connectivity index (χ0) is 16.8. The molecule has 2 aromatic heterocycles. The second-order valence-electron chi connectivity index (χ2n) is 6.10. The third-order valence-corrected chi connectivity index (χ3v) is 4.41. The van der Waals surface area contributed by atoms with Gasteiger partial charge in [-0.1, -0.05) is 25.1 Å². The van der Waals surface area contributed by atoms with Gasteiger partial charge in [0.25, 0.3) is 5.91 Å². The summed E-state index contributed by atoms with van der Waals surface area (Å²) in [5, 5.41) is 10.9. The second kappa shape index (κ2) is 5.23. The molecule has 0 aliphatic carbocycles. The van der Waals surface area contributed by atoms with Gasteiger partial charge in [-0.2, -0.15) is 5.10 Å². The first-order valence-corrected chi connectivity index (χ1v) is 7.79. The quantitative estimate of drug-likeness (QED) is 0.675. The van der Waals surface area contributed by atoms with E-state index in [0.29, 0.717) is 23.6 Å². The molecule has 7 heteroatoms. The third kappa shape index (κ3) is 2.17.